The number of para-hydroxylation sites is 2. The first-order chi connectivity index (χ1) is 11.1. The predicted octanol–water partition coefficient (Wildman–Crippen LogP) is 3.75. The third kappa shape index (κ3) is 5.73. The minimum absolute atomic E-state index is 0. The zero-order chi connectivity index (χ0) is 16.7. The van der Waals surface area contributed by atoms with Crippen molar-refractivity contribution in [3.8, 4) is 5.69 Å². The Morgan fingerprint density at radius 1 is 1.04 bits per heavy atom. The molecule has 2 aromatic carbocycles. The largest absolute Gasteiger partial charge is 0.512 e. The molecule has 0 saturated carbocycles. The smallest absolute Gasteiger partial charge is 0.155 e. The number of hydrogen-bond acceptors (Lipinski definition) is 2. The van der Waals surface area contributed by atoms with E-state index in [1.807, 2.05) is 47.0 Å². The molecule has 0 spiro atoms. The molecule has 4 heteroatoms. The van der Waals surface area contributed by atoms with Crippen LogP contribution in [0.25, 0.3) is 16.6 Å². The van der Waals surface area contributed by atoms with Crippen molar-refractivity contribution in [1.29, 1.82) is 0 Å². The number of aliphatic hydroxyl groups excluding tert-OH is 1. The van der Waals surface area contributed by atoms with Gasteiger partial charge in [0.2, 0.25) is 0 Å². The molecule has 0 aliphatic rings. The van der Waals surface area contributed by atoms with Crippen molar-refractivity contribution in [3.05, 3.63) is 84.8 Å². The Hall–Kier alpha value is -2.29. The SMILES string of the molecule is CC(=O)/C=C(/C)O.[Ir].[c-]1ccccc1-[n+]1[c-]ccc2ccccc21. The van der Waals surface area contributed by atoms with E-state index in [1.165, 1.54) is 25.3 Å². The monoisotopic (exact) mass is 497 g/mol. The third-order valence-electron chi connectivity index (χ3n) is 2.99. The molecule has 3 rings (SSSR count). The second-order valence-corrected chi connectivity index (χ2v) is 5.00. The van der Waals surface area contributed by atoms with E-state index in [1.54, 1.807) is 0 Å². The van der Waals surface area contributed by atoms with E-state index >= 15 is 0 Å². The molecule has 1 heterocycles. The maximum atomic E-state index is 10.0. The van der Waals surface area contributed by atoms with E-state index in [9.17, 15) is 4.79 Å². The van der Waals surface area contributed by atoms with Gasteiger partial charge in [-0.15, -0.1) is 12.1 Å². The summed E-state index contributed by atoms with van der Waals surface area (Å²) in [7, 11) is 0. The first kappa shape index (κ1) is 19.8. The van der Waals surface area contributed by atoms with Gasteiger partial charge in [-0.1, -0.05) is 24.3 Å². The number of fused-ring (bicyclic) bond motifs is 1. The maximum Gasteiger partial charge on any atom is 0.155 e. The Morgan fingerprint density at radius 2 is 1.75 bits per heavy atom. The van der Waals surface area contributed by atoms with E-state index in [2.05, 4.69) is 30.5 Å². The molecule has 1 N–H and O–H groups in total. The predicted molar refractivity (Wildman–Crippen MR) is 90.2 cm³/mol. The van der Waals surface area contributed by atoms with Crippen LogP contribution in [0.3, 0.4) is 0 Å². The van der Waals surface area contributed by atoms with Crippen molar-refractivity contribution in [2.75, 3.05) is 0 Å². The average Bonchev–Trinajstić information content (AvgIpc) is 2.54. The molecule has 0 amide bonds. The molecule has 0 saturated heterocycles. The van der Waals surface area contributed by atoms with E-state index in [0.29, 0.717) is 0 Å². The van der Waals surface area contributed by atoms with Gasteiger partial charge in [-0.05, 0) is 25.3 Å². The Labute approximate surface area is 155 Å². The fourth-order valence-electron chi connectivity index (χ4n) is 2.12. The number of ketones is 1. The zero-order valence-electron chi connectivity index (χ0n) is 13.5. The summed E-state index contributed by atoms with van der Waals surface area (Å²) in [6, 6.07) is 23.4. The number of carbonyl (C=O) groups is 1. The molecule has 0 aliphatic carbocycles. The van der Waals surface area contributed by atoms with Gasteiger partial charge in [0.1, 0.15) is 5.52 Å². The van der Waals surface area contributed by atoms with Crippen molar-refractivity contribution in [2.45, 2.75) is 13.8 Å². The van der Waals surface area contributed by atoms with Gasteiger partial charge in [0.05, 0.1) is 5.76 Å². The second kappa shape index (κ2) is 9.76. The third-order valence-corrected chi connectivity index (χ3v) is 2.99. The summed E-state index contributed by atoms with van der Waals surface area (Å²) in [4.78, 5) is 10.0. The summed E-state index contributed by atoms with van der Waals surface area (Å²) < 4.78 is 2.02. The molecule has 0 aliphatic heterocycles. The molecule has 3 aromatic rings. The molecule has 0 bridgehead atoms. The number of hydrogen-bond donors (Lipinski definition) is 1. The second-order valence-electron chi connectivity index (χ2n) is 5.00. The Balaban J connectivity index is 0.000000312. The van der Waals surface area contributed by atoms with Crippen molar-refractivity contribution in [2.24, 2.45) is 0 Å². The Kier molecular flexibility index (Phi) is 8.03. The van der Waals surface area contributed by atoms with E-state index < -0.39 is 0 Å². The van der Waals surface area contributed by atoms with Gasteiger partial charge in [-0.2, -0.15) is 24.3 Å². The standard InChI is InChI=1S/C15H10N.C5H8O2.Ir/c1-2-9-14(10-3-1)16-12-6-8-13-7-4-5-11-15(13)16;1-4(6)3-5(2)7;/h1-9,11H;3,6H,1-2H3;/q-1;;/b;4-3-;. The molecule has 0 fully saturated rings. The van der Waals surface area contributed by atoms with Crippen LogP contribution in [0.15, 0.2) is 72.5 Å². The van der Waals surface area contributed by atoms with E-state index in [4.69, 9.17) is 5.11 Å². The molecule has 0 atom stereocenters. The maximum absolute atomic E-state index is 10.0. The van der Waals surface area contributed by atoms with Gasteiger partial charge in [0.15, 0.2) is 12.0 Å². The van der Waals surface area contributed by atoms with E-state index in [0.717, 1.165) is 11.2 Å². The van der Waals surface area contributed by atoms with Gasteiger partial charge < -0.3 is 9.67 Å². The van der Waals surface area contributed by atoms with Crippen LogP contribution in [0, 0.1) is 12.3 Å². The van der Waals surface area contributed by atoms with Crippen LogP contribution in [-0.4, -0.2) is 10.9 Å². The normalized spacial score (nSPS) is 10.3. The van der Waals surface area contributed by atoms with Crippen LogP contribution in [0.1, 0.15) is 13.8 Å². The molecule has 125 valence electrons. The minimum atomic E-state index is -0.125. The molecule has 0 unspecified atom stereocenters. The number of benzene rings is 2. The van der Waals surface area contributed by atoms with Crippen molar-refractivity contribution < 1.29 is 34.6 Å². The Bertz CT molecular complexity index is 820. The van der Waals surface area contributed by atoms with Crippen LogP contribution < -0.4 is 4.57 Å². The fourth-order valence-corrected chi connectivity index (χ4v) is 2.12. The summed E-state index contributed by atoms with van der Waals surface area (Å²) in [5, 5.41) is 9.57. The molecule has 1 aromatic heterocycles. The molecule has 3 nitrogen and oxygen atoms in total. The van der Waals surface area contributed by atoms with Crippen LogP contribution in [0.2, 0.25) is 0 Å². The number of aromatic nitrogens is 1. The topological polar surface area (TPSA) is 41.2 Å². The van der Waals surface area contributed by atoms with Gasteiger partial charge in [-0.3, -0.25) is 4.79 Å². The Morgan fingerprint density at radius 3 is 2.33 bits per heavy atom. The van der Waals surface area contributed by atoms with Crippen LogP contribution in [0.5, 0.6) is 0 Å². The van der Waals surface area contributed by atoms with Crippen molar-refractivity contribution in [3.63, 3.8) is 0 Å². The zero-order valence-corrected chi connectivity index (χ0v) is 15.9. The number of nitrogens with zero attached hydrogens (tertiary/aromatic N) is 1. The average molecular weight is 497 g/mol. The number of allylic oxidation sites excluding steroid dienone is 2. The summed E-state index contributed by atoms with van der Waals surface area (Å²) in [5.74, 6) is -0.0625. The van der Waals surface area contributed by atoms with Crippen LogP contribution in [-0.2, 0) is 24.9 Å². The molecule has 24 heavy (non-hydrogen) atoms. The van der Waals surface area contributed by atoms with Crippen LogP contribution >= 0.6 is 0 Å². The van der Waals surface area contributed by atoms with Gasteiger partial charge in [-0.25, -0.2) is 0 Å². The number of aliphatic hydroxyl groups is 1. The van der Waals surface area contributed by atoms with Crippen molar-refractivity contribution in [1.82, 2.24) is 0 Å². The molecular weight excluding hydrogens is 478 g/mol. The van der Waals surface area contributed by atoms with Gasteiger partial charge in [0, 0.05) is 31.9 Å². The first-order valence-electron chi connectivity index (χ1n) is 7.24. The summed E-state index contributed by atoms with van der Waals surface area (Å²) in [6.07, 6.45) is 4.38. The van der Waals surface area contributed by atoms with E-state index in [-0.39, 0.29) is 31.6 Å². The summed E-state index contributed by atoms with van der Waals surface area (Å²) in [5.41, 5.74) is 2.16. The van der Waals surface area contributed by atoms with Crippen LogP contribution in [0.4, 0.5) is 0 Å². The molecule has 1 radical (unpaired) electrons. The number of rotatable bonds is 2. The van der Waals surface area contributed by atoms with Gasteiger partial charge in [0.25, 0.3) is 0 Å². The molecular formula is C20H18IrNO2-. The quantitative estimate of drug-likeness (QED) is 0.254. The first-order valence-corrected chi connectivity index (χ1v) is 7.24. The van der Waals surface area contributed by atoms with Gasteiger partial charge >= 0.3 is 0 Å². The summed E-state index contributed by atoms with van der Waals surface area (Å²) >= 11 is 0. The number of carbonyl (C=O) groups excluding carboxylic acids is 1. The minimum Gasteiger partial charge on any atom is -0.512 e. The number of pyridine rings is 1. The van der Waals surface area contributed by atoms with Crippen molar-refractivity contribution >= 4 is 16.7 Å². The summed E-state index contributed by atoms with van der Waals surface area (Å²) in [6.45, 7) is 2.85. The fraction of sp³-hybridized carbons (Fsp3) is 0.100.